The van der Waals surface area contributed by atoms with Crippen molar-refractivity contribution in [2.45, 2.75) is 11.4 Å². The largest absolute Gasteiger partial charge is 0.495 e. The number of methoxy groups -OCH3 is 3. The summed E-state index contributed by atoms with van der Waals surface area (Å²) in [5.74, 6) is 0.297. The minimum absolute atomic E-state index is 0.103. The third kappa shape index (κ3) is 5.70. The first-order chi connectivity index (χ1) is 16.3. The molecular formula is C23H24ClN3O6S. The molecule has 180 valence electrons. The van der Waals surface area contributed by atoms with Crippen molar-refractivity contribution in [3.63, 3.8) is 0 Å². The van der Waals surface area contributed by atoms with Gasteiger partial charge in [-0.2, -0.15) is 0 Å². The number of sulfonamides is 1. The van der Waals surface area contributed by atoms with E-state index in [1.54, 1.807) is 30.6 Å². The van der Waals surface area contributed by atoms with Crippen molar-refractivity contribution in [2.75, 3.05) is 32.2 Å². The van der Waals surface area contributed by atoms with Crippen LogP contribution in [0.2, 0.25) is 5.02 Å². The van der Waals surface area contributed by atoms with Crippen LogP contribution in [-0.4, -0.2) is 47.2 Å². The maximum Gasteiger partial charge on any atom is 0.265 e. The van der Waals surface area contributed by atoms with Gasteiger partial charge in [0.25, 0.3) is 10.0 Å². The van der Waals surface area contributed by atoms with Gasteiger partial charge in [-0.1, -0.05) is 11.6 Å². The Morgan fingerprint density at radius 3 is 2.24 bits per heavy atom. The van der Waals surface area contributed by atoms with Crippen LogP contribution in [0.4, 0.5) is 5.69 Å². The Morgan fingerprint density at radius 1 is 0.941 bits per heavy atom. The summed E-state index contributed by atoms with van der Waals surface area (Å²) in [7, 11) is -0.00242. The molecule has 9 nitrogen and oxygen atoms in total. The molecule has 34 heavy (non-hydrogen) atoms. The number of aromatic nitrogens is 1. The normalized spacial score (nSPS) is 10.9. The second-order valence-electron chi connectivity index (χ2n) is 6.98. The number of hydrogen-bond acceptors (Lipinski definition) is 7. The molecule has 0 aliphatic heterocycles. The number of halogens is 1. The molecule has 0 saturated carbocycles. The van der Waals surface area contributed by atoms with Crippen molar-refractivity contribution in [3.05, 3.63) is 71.5 Å². The zero-order valence-corrected chi connectivity index (χ0v) is 20.4. The van der Waals surface area contributed by atoms with Crippen molar-refractivity contribution in [3.8, 4) is 17.2 Å². The Labute approximate surface area is 203 Å². The Hall–Kier alpha value is -3.50. The minimum atomic E-state index is -4.25. The summed E-state index contributed by atoms with van der Waals surface area (Å²) >= 11 is 6.16. The second-order valence-corrected chi connectivity index (χ2v) is 9.28. The lowest BCUT2D eigenvalue weighted by Crippen LogP contribution is -2.40. The summed E-state index contributed by atoms with van der Waals surface area (Å²) < 4.78 is 44.2. The number of nitrogens with one attached hydrogen (secondary N) is 1. The summed E-state index contributed by atoms with van der Waals surface area (Å²) in [6.07, 6.45) is 3.21. The van der Waals surface area contributed by atoms with Gasteiger partial charge in [-0.3, -0.25) is 14.1 Å². The predicted molar refractivity (Wildman–Crippen MR) is 128 cm³/mol. The number of carbonyl (C=O) groups excluding carboxylic acids is 1. The van der Waals surface area contributed by atoms with Crippen LogP contribution in [0, 0.1) is 0 Å². The highest BCUT2D eigenvalue weighted by Gasteiger charge is 2.30. The van der Waals surface area contributed by atoms with E-state index in [1.807, 2.05) is 0 Å². The highest BCUT2D eigenvalue weighted by atomic mass is 35.5. The van der Waals surface area contributed by atoms with Gasteiger partial charge in [0.05, 0.1) is 31.9 Å². The van der Waals surface area contributed by atoms with Gasteiger partial charge in [-0.25, -0.2) is 8.42 Å². The Morgan fingerprint density at radius 2 is 1.59 bits per heavy atom. The summed E-state index contributed by atoms with van der Waals surface area (Å²) in [6.45, 7) is -0.309. The average molecular weight is 506 g/mol. The SMILES string of the molecule is COc1ccc(S(=O)(=O)N(CC(=O)NCc2ccncc2)c2cc(Cl)ccc2OC)cc1OC. The average Bonchev–Trinajstić information content (AvgIpc) is 2.86. The van der Waals surface area contributed by atoms with Crippen molar-refractivity contribution in [1.82, 2.24) is 10.3 Å². The Bertz CT molecular complexity index is 1250. The molecule has 3 rings (SSSR count). The summed E-state index contributed by atoms with van der Waals surface area (Å²) in [6, 6.07) is 12.2. The number of rotatable bonds is 10. The lowest BCUT2D eigenvalue weighted by molar-refractivity contribution is -0.119. The van der Waals surface area contributed by atoms with Crippen LogP contribution in [0.25, 0.3) is 0 Å². The van der Waals surface area contributed by atoms with E-state index < -0.39 is 22.5 Å². The molecule has 0 fully saturated rings. The molecule has 0 radical (unpaired) electrons. The van der Waals surface area contributed by atoms with E-state index in [1.165, 1.54) is 51.7 Å². The minimum Gasteiger partial charge on any atom is -0.495 e. The van der Waals surface area contributed by atoms with Gasteiger partial charge in [0.1, 0.15) is 12.3 Å². The molecule has 0 saturated heterocycles. The van der Waals surface area contributed by atoms with E-state index in [2.05, 4.69) is 10.3 Å². The van der Waals surface area contributed by atoms with E-state index in [0.717, 1.165) is 9.87 Å². The van der Waals surface area contributed by atoms with Crippen LogP contribution in [0.5, 0.6) is 17.2 Å². The molecule has 0 aliphatic carbocycles. The van der Waals surface area contributed by atoms with Crippen LogP contribution < -0.4 is 23.8 Å². The van der Waals surface area contributed by atoms with Crippen LogP contribution in [0.3, 0.4) is 0 Å². The first kappa shape index (κ1) is 25.1. The molecule has 0 atom stereocenters. The van der Waals surface area contributed by atoms with Crippen molar-refractivity contribution in [1.29, 1.82) is 0 Å². The lowest BCUT2D eigenvalue weighted by Gasteiger charge is -2.26. The molecular weight excluding hydrogens is 482 g/mol. The fourth-order valence-corrected chi connectivity index (χ4v) is 4.76. The number of amides is 1. The number of hydrogen-bond donors (Lipinski definition) is 1. The summed E-state index contributed by atoms with van der Waals surface area (Å²) in [5.41, 5.74) is 0.932. The fraction of sp³-hybridized carbons (Fsp3) is 0.217. The van der Waals surface area contributed by atoms with Gasteiger partial charge < -0.3 is 19.5 Å². The van der Waals surface area contributed by atoms with E-state index in [4.69, 9.17) is 25.8 Å². The summed E-state index contributed by atoms with van der Waals surface area (Å²) in [5, 5.41) is 3.00. The van der Waals surface area contributed by atoms with E-state index in [-0.39, 0.29) is 33.6 Å². The summed E-state index contributed by atoms with van der Waals surface area (Å²) in [4.78, 5) is 16.7. The lowest BCUT2D eigenvalue weighted by atomic mass is 10.2. The van der Waals surface area contributed by atoms with Crippen LogP contribution in [0.15, 0.2) is 65.8 Å². The molecule has 0 spiro atoms. The zero-order chi connectivity index (χ0) is 24.7. The van der Waals surface area contributed by atoms with Gasteiger partial charge in [-0.15, -0.1) is 0 Å². The first-order valence-corrected chi connectivity index (χ1v) is 11.9. The molecule has 2 aromatic carbocycles. The maximum absolute atomic E-state index is 13.7. The molecule has 0 unspecified atom stereocenters. The number of benzene rings is 2. The van der Waals surface area contributed by atoms with Gasteiger partial charge >= 0.3 is 0 Å². The van der Waals surface area contributed by atoms with Crippen molar-refractivity contribution in [2.24, 2.45) is 0 Å². The van der Waals surface area contributed by atoms with E-state index >= 15 is 0 Å². The van der Waals surface area contributed by atoms with E-state index in [9.17, 15) is 13.2 Å². The Kier molecular flexibility index (Phi) is 8.19. The maximum atomic E-state index is 13.7. The van der Waals surface area contributed by atoms with Crippen molar-refractivity contribution < 1.29 is 27.4 Å². The number of ether oxygens (including phenoxy) is 3. The van der Waals surface area contributed by atoms with Gasteiger partial charge in [0.15, 0.2) is 11.5 Å². The van der Waals surface area contributed by atoms with Crippen LogP contribution in [-0.2, 0) is 21.4 Å². The molecule has 1 amide bonds. The van der Waals surface area contributed by atoms with Gasteiger partial charge in [-0.05, 0) is 48.0 Å². The smallest absolute Gasteiger partial charge is 0.265 e. The fourth-order valence-electron chi connectivity index (χ4n) is 3.15. The predicted octanol–water partition coefficient (Wildman–Crippen LogP) is 3.27. The standard InChI is InChI=1S/C23H24ClN3O6S/c1-31-20-6-4-17(24)12-19(20)27(15-23(28)26-14-16-8-10-25-11-9-16)34(29,30)18-5-7-21(32-2)22(13-18)33-3/h4-13H,14-15H2,1-3H3,(H,26,28). The van der Waals surface area contributed by atoms with Crippen LogP contribution in [0.1, 0.15) is 5.56 Å². The molecule has 3 aromatic rings. The highest BCUT2D eigenvalue weighted by Crippen LogP contribution is 2.36. The van der Waals surface area contributed by atoms with E-state index in [0.29, 0.717) is 5.75 Å². The topological polar surface area (TPSA) is 107 Å². The quantitative estimate of drug-likeness (QED) is 0.450. The molecule has 1 N–H and O–H groups in total. The van der Waals surface area contributed by atoms with Gasteiger partial charge in [0, 0.05) is 30.0 Å². The second kappa shape index (κ2) is 11.1. The number of carbonyl (C=O) groups is 1. The highest BCUT2D eigenvalue weighted by molar-refractivity contribution is 7.92. The first-order valence-electron chi connectivity index (χ1n) is 10.0. The van der Waals surface area contributed by atoms with Crippen LogP contribution >= 0.6 is 11.6 Å². The molecule has 0 bridgehead atoms. The molecule has 1 aromatic heterocycles. The van der Waals surface area contributed by atoms with Crippen molar-refractivity contribution >= 4 is 33.2 Å². The number of pyridine rings is 1. The third-order valence-electron chi connectivity index (χ3n) is 4.88. The number of anilines is 1. The van der Waals surface area contributed by atoms with Gasteiger partial charge in [0.2, 0.25) is 5.91 Å². The third-order valence-corrected chi connectivity index (χ3v) is 6.87. The zero-order valence-electron chi connectivity index (χ0n) is 18.8. The Balaban J connectivity index is 2.01. The molecule has 11 heteroatoms. The number of nitrogens with zero attached hydrogens (tertiary/aromatic N) is 2. The molecule has 1 heterocycles. The monoisotopic (exact) mass is 505 g/mol. The molecule has 0 aliphatic rings.